The van der Waals surface area contributed by atoms with Crippen LogP contribution in [0.3, 0.4) is 0 Å². The van der Waals surface area contributed by atoms with Gasteiger partial charge in [-0.25, -0.2) is 4.68 Å². The fraction of sp³-hybridized carbons (Fsp3) is 0.125. The molecule has 170 valence electrons. The normalized spacial score (nSPS) is 15.4. The van der Waals surface area contributed by atoms with Crippen LogP contribution >= 0.6 is 15.9 Å². The monoisotopic (exact) mass is 517 g/mol. The first-order chi connectivity index (χ1) is 16.5. The van der Waals surface area contributed by atoms with E-state index in [0.717, 1.165) is 15.8 Å². The molecule has 1 aliphatic heterocycles. The van der Waals surface area contributed by atoms with E-state index in [2.05, 4.69) is 41.9 Å². The van der Waals surface area contributed by atoms with E-state index in [0.29, 0.717) is 23.9 Å². The number of amides is 2. The summed E-state index contributed by atoms with van der Waals surface area (Å²) >= 11 is 3.42. The Morgan fingerprint density at radius 2 is 1.82 bits per heavy atom. The van der Waals surface area contributed by atoms with Crippen molar-refractivity contribution in [3.05, 3.63) is 83.6 Å². The smallest absolute Gasteiger partial charge is 0.229 e. The van der Waals surface area contributed by atoms with Gasteiger partial charge in [-0.3, -0.25) is 9.59 Å². The van der Waals surface area contributed by atoms with Gasteiger partial charge in [0.1, 0.15) is 0 Å². The average Bonchev–Trinajstić information content (AvgIpc) is 3.51. The number of aromatic nitrogens is 4. The number of hydrogen-bond acceptors (Lipinski definition) is 6. The number of hydrogen-bond donors (Lipinski definition) is 2. The number of rotatable bonds is 6. The van der Waals surface area contributed by atoms with Gasteiger partial charge in [0, 0.05) is 46.9 Å². The summed E-state index contributed by atoms with van der Waals surface area (Å²) in [7, 11) is 0. The standard InChI is InChI=1S/C24H20BrN7O2/c25-17-3-1-4-20(14-17)31-15-16(13-23(31)33)24(34)28-19-7-5-18(6-8-19)27-21-9-10-22(30-29-21)32-12-2-11-26-32/h1-12,14,16H,13,15H2,(H,27,29)(H,28,34). The van der Waals surface area contributed by atoms with Crippen molar-refractivity contribution in [1.82, 2.24) is 20.0 Å². The van der Waals surface area contributed by atoms with Crippen molar-refractivity contribution in [3.63, 3.8) is 0 Å². The zero-order valence-corrected chi connectivity index (χ0v) is 19.5. The number of nitrogens with zero attached hydrogens (tertiary/aromatic N) is 5. The molecule has 1 saturated heterocycles. The number of anilines is 4. The van der Waals surface area contributed by atoms with E-state index in [1.54, 1.807) is 34.1 Å². The maximum absolute atomic E-state index is 12.8. The quantitative estimate of drug-likeness (QED) is 0.397. The molecule has 4 aromatic rings. The van der Waals surface area contributed by atoms with Crippen LogP contribution < -0.4 is 15.5 Å². The summed E-state index contributed by atoms with van der Waals surface area (Å²) in [5, 5.41) is 18.5. The third-order valence-electron chi connectivity index (χ3n) is 5.43. The lowest BCUT2D eigenvalue weighted by atomic mass is 10.1. The molecule has 1 aliphatic rings. The SMILES string of the molecule is O=C(Nc1ccc(Nc2ccc(-n3cccn3)nn2)cc1)C1CC(=O)N(c2cccc(Br)c2)C1. The summed E-state index contributed by atoms with van der Waals surface area (Å²) in [4.78, 5) is 26.9. The van der Waals surface area contributed by atoms with Crippen molar-refractivity contribution >= 4 is 50.6 Å². The van der Waals surface area contributed by atoms with E-state index in [1.807, 2.05) is 54.6 Å². The molecule has 1 fully saturated rings. The lowest BCUT2D eigenvalue weighted by Crippen LogP contribution is -2.28. The predicted molar refractivity (Wildman–Crippen MR) is 132 cm³/mol. The molecule has 0 bridgehead atoms. The Hall–Kier alpha value is -4.05. The van der Waals surface area contributed by atoms with Gasteiger partial charge < -0.3 is 15.5 Å². The van der Waals surface area contributed by atoms with Crippen LogP contribution in [0.4, 0.5) is 22.9 Å². The largest absolute Gasteiger partial charge is 0.339 e. The maximum atomic E-state index is 12.8. The molecule has 0 spiro atoms. The third-order valence-corrected chi connectivity index (χ3v) is 5.92. The molecule has 9 nitrogen and oxygen atoms in total. The second kappa shape index (κ2) is 9.44. The van der Waals surface area contributed by atoms with Gasteiger partial charge in [0.2, 0.25) is 11.8 Å². The van der Waals surface area contributed by atoms with Crippen LogP contribution in [0, 0.1) is 5.92 Å². The lowest BCUT2D eigenvalue weighted by molar-refractivity contribution is -0.122. The lowest BCUT2D eigenvalue weighted by Gasteiger charge is -2.17. The Kier molecular flexibility index (Phi) is 6.05. The first kappa shape index (κ1) is 21.8. The predicted octanol–water partition coefficient (Wildman–Crippen LogP) is 4.16. The number of halogens is 1. The molecule has 2 aromatic heterocycles. The summed E-state index contributed by atoms with van der Waals surface area (Å²) in [6.45, 7) is 0.355. The van der Waals surface area contributed by atoms with E-state index in [1.165, 1.54) is 0 Å². The molecule has 1 atom stereocenters. The summed E-state index contributed by atoms with van der Waals surface area (Å²) in [5.41, 5.74) is 2.24. The number of carbonyl (C=O) groups is 2. The van der Waals surface area contributed by atoms with Gasteiger partial charge in [0.25, 0.3) is 0 Å². The second-order valence-electron chi connectivity index (χ2n) is 7.80. The van der Waals surface area contributed by atoms with Gasteiger partial charge in [-0.05, 0) is 60.7 Å². The highest BCUT2D eigenvalue weighted by Crippen LogP contribution is 2.28. The molecule has 3 heterocycles. The Labute approximate surface area is 203 Å². The fourth-order valence-electron chi connectivity index (χ4n) is 3.72. The zero-order chi connectivity index (χ0) is 23.5. The van der Waals surface area contributed by atoms with Crippen molar-refractivity contribution < 1.29 is 9.59 Å². The average molecular weight is 518 g/mol. The maximum Gasteiger partial charge on any atom is 0.229 e. The van der Waals surface area contributed by atoms with E-state index in [4.69, 9.17) is 0 Å². The summed E-state index contributed by atoms with van der Waals surface area (Å²) in [6, 6.07) is 20.2. The van der Waals surface area contributed by atoms with Crippen molar-refractivity contribution in [3.8, 4) is 5.82 Å². The van der Waals surface area contributed by atoms with E-state index in [-0.39, 0.29) is 18.2 Å². The van der Waals surface area contributed by atoms with Crippen LogP contribution in [-0.2, 0) is 9.59 Å². The highest BCUT2D eigenvalue weighted by atomic mass is 79.9. The molecule has 10 heteroatoms. The van der Waals surface area contributed by atoms with Gasteiger partial charge in [-0.15, -0.1) is 10.2 Å². The van der Waals surface area contributed by atoms with Crippen molar-refractivity contribution in [2.75, 3.05) is 22.1 Å². The molecule has 5 rings (SSSR count). The van der Waals surface area contributed by atoms with E-state index < -0.39 is 5.92 Å². The summed E-state index contributed by atoms with van der Waals surface area (Å²) < 4.78 is 2.52. The number of nitrogens with one attached hydrogen (secondary N) is 2. The molecular weight excluding hydrogens is 498 g/mol. The molecule has 2 N–H and O–H groups in total. The van der Waals surface area contributed by atoms with Crippen molar-refractivity contribution in [2.45, 2.75) is 6.42 Å². The molecular formula is C24H20BrN7O2. The molecule has 34 heavy (non-hydrogen) atoms. The number of carbonyl (C=O) groups excluding carboxylic acids is 2. The van der Waals surface area contributed by atoms with Gasteiger partial charge >= 0.3 is 0 Å². The molecule has 1 unspecified atom stereocenters. The van der Waals surface area contributed by atoms with Crippen LogP contribution in [0.5, 0.6) is 0 Å². The van der Waals surface area contributed by atoms with Gasteiger partial charge in [0.15, 0.2) is 11.6 Å². The Balaban J connectivity index is 1.18. The minimum absolute atomic E-state index is 0.0579. The highest BCUT2D eigenvalue weighted by molar-refractivity contribution is 9.10. The summed E-state index contributed by atoms with van der Waals surface area (Å²) in [5.74, 6) is 0.569. The van der Waals surface area contributed by atoms with Crippen LogP contribution in [-0.4, -0.2) is 38.3 Å². The van der Waals surface area contributed by atoms with E-state index in [9.17, 15) is 9.59 Å². The first-order valence-corrected chi connectivity index (χ1v) is 11.4. The Bertz CT molecular complexity index is 1310. The minimum atomic E-state index is -0.409. The topological polar surface area (TPSA) is 105 Å². The Morgan fingerprint density at radius 3 is 2.53 bits per heavy atom. The Morgan fingerprint density at radius 1 is 1.00 bits per heavy atom. The molecule has 0 aliphatic carbocycles. The van der Waals surface area contributed by atoms with Crippen LogP contribution in [0.1, 0.15) is 6.42 Å². The van der Waals surface area contributed by atoms with Gasteiger partial charge in [-0.1, -0.05) is 22.0 Å². The number of benzene rings is 2. The third kappa shape index (κ3) is 4.81. The van der Waals surface area contributed by atoms with Crippen LogP contribution in [0.25, 0.3) is 5.82 Å². The van der Waals surface area contributed by atoms with Gasteiger partial charge in [0.05, 0.1) is 5.92 Å². The fourth-order valence-corrected chi connectivity index (χ4v) is 4.11. The molecule has 2 amide bonds. The first-order valence-electron chi connectivity index (χ1n) is 10.6. The van der Waals surface area contributed by atoms with Crippen LogP contribution in [0.2, 0.25) is 0 Å². The second-order valence-corrected chi connectivity index (χ2v) is 8.72. The highest BCUT2D eigenvalue weighted by Gasteiger charge is 2.35. The van der Waals surface area contributed by atoms with Crippen molar-refractivity contribution in [1.29, 1.82) is 0 Å². The molecule has 0 radical (unpaired) electrons. The van der Waals surface area contributed by atoms with Crippen LogP contribution in [0.15, 0.2) is 83.6 Å². The van der Waals surface area contributed by atoms with Crippen molar-refractivity contribution in [2.24, 2.45) is 5.92 Å². The van der Waals surface area contributed by atoms with Gasteiger partial charge in [-0.2, -0.15) is 5.10 Å². The molecule has 2 aromatic carbocycles. The van der Waals surface area contributed by atoms with E-state index >= 15 is 0 Å². The molecule has 0 saturated carbocycles. The minimum Gasteiger partial charge on any atom is -0.339 e. The zero-order valence-electron chi connectivity index (χ0n) is 17.9. The summed E-state index contributed by atoms with van der Waals surface area (Å²) in [6.07, 6.45) is 3.66.